The lowest BCUT2D eigenvalue weighted by Crippen LogP contribution is -2.36. The fourth-order valence-electron chi connectivity index (χ4n) is 1.99. The lowest BCUT2D eigenvalue weighted by molar-refractivity contribution is -0.131. The van der Waals surface area contributed by atoms with Gasteiger partial charge in [-0.15, -0.1) is 0 Å². The van der Waals surface area contributed by atoms with E-state index in [1.807, 2.05) is 6.92 Å². The van der Waals surface area contributed by atoms with Gasteiger partial charge in [-0.25, -0.2) is 4.79 Å². The van der Waals surface area contributed by atoms with Crippen molar-refractivity contribution in [3.63, 3.8) is 0 Å². The molecule has 0 heterocycles. The summed E-state index contributed by atoms with van der Waals surface area (Å²) in [6.07, 6.45) is 6.70. The molecule has 0 unspecified atom stereocenters. The van der Waals surface area contributed by atoms with Gasteiger partial charge in [-0.2, -0.15) is 0 Å². The summed E-state index contributed by atoms with van der Waals surface area (Å²) < 4.78 is 0. The Kier molecular flexibility index (Phi) is 4.34. The van der Waals surface area contributed by atoms with Gasteiger partial charge in [0.05, 0.1) is 0 Å². The third-order valence-electron chi connectivity index (χ3n) is 2.85. The number of carboxylic acids is 1. The number of nitrogens with one attached hydrogen (secondary N) is 1. The Bertz CT molecular complexity index is 267. The summed E-state index contributed by atoms with van der Waals surface area (Å²) in [7, 11) is 0. The zero-order chi connectivity index (χ0) is 11.3. The average molecular weight is 211 g/mol. The summed E-state index contributed by atoms with van der Waals surface area (Å²) in [5.74, 6) is -0.873. The van der Waals surface area contributed by atoms with E-state index in [1.165, 1.54) is 12.8 Å². The number of hydrogen-bond acceptors (Lipinski definition) is 2. The van der Waals surface area contributed by atoms with Gasteiger partial charge in [0.2, 0.25) is 5.91 Å². The number of hydrogen-bond donors (Lipinski definition) is 2. The van der Waals surface area contributed by atoms with Crippen LogP contribution in [0.15, 0.2) is 12.2 Å². The van der Waals surface area contributed by atoms with E-state index in [0.717, 1.165) is 25.0 Å². The predicted octanol–water partition coefficient (Wildman–Crippen LogP) is 1.32. The first kappa shape index (κ1) is 11.8. The van der Waals surface area contributed by atoms with Gasteiger partial charge in [-0.1, -0.05) is 12.8 Å². The second-order valence-corrected chi connectivity index (χ2v) is 4.01. The normalized spacial score (nSPS) is 19.3. The molecule has 84 valence electrons. The lowest BCUT2D eigenvalue weighted by Gasteiger charge is -2.19. The topological polar surface area (TPSA) is 66.4 Å². The van der Waals surface area contributed by atoms with E-state index in [9.17, 15) is 9.59 Å². The van der Waals surface area contributed by atoms with Gasteiger partial charge in [-0.3, -0.25) is 4.79 Å². The highest BCUT2D eigenvalue weighted by Gasteiger charge is 2.21. The molecule has 1 saturated carbocycles. The number of carboxylic acid groups (broad SMARTS) is 1. The molecule has 1 aliphatic rings. The Hall–Kier alpha value is -1.32. The summed E-state index contributed by atoms with van der Waals surface area (Å²) in [4.78, 5) is 21.4. The summed E-state index contributed by atoms with van der Waals surface area (Å²) in [6.45, 7) is 1.97. The quantitative estimate of drug-likeness (QED) is 0.689. The van der Waals surface area contributed by atoms with Crippen LogP contribution in [-0.4, -0.2) is 23.0 Å². The van der Waals surface area contributed by atoms with Crippen LogP contribution in [0.2, 0.25) is 0 Å². The van der Waals surface area contributed by atoms with Crippen molar-refractivity contribution in [2.45, 2.75) is 38.6 Å². The standard InChI is InChI=1S/C11H17NO3/c1-8(9-4-2-3-5-9)12-10(13)6-7-11(14)15/h6-9H,2-5H2,1H3,(H,12,13)(H,14,15)/b7-6+/t8-/m0/s1. The van der Waals surface area contributed by atoms with Gasteiger partial charge in [-0.05, 0) is 25.7 Å². The van der Waals surface area contributed by atoms with E-state index in [0.29, 0.717) is 5.92 Å². The number of carbonyl (C=O) groups is 2. The summed E-state index contributed by atoms with van der Waals surface area (Å²) in [5, 5.41) is 11.1. The van der Waals surface area contributed by atoms with Crippen LogP contribution in [0, 0.1) is 5.92 Å². The highest BCUT2D eigenvalue weighted by atomic mass is 16.4. The van der Waals surface area contributed by atoms with E-state index in [2.05, 4.69) is 5.32 Å². The van der Waals surface area contributed by atoms with Gasteiger partial charge in [0.15, 0.2) is 0 Å². The largest absolute Gasteiger partial charge is 0.478 e. The lowest BCUT2D eigenvalue weighted by atomic mass is 10.00. The number of amides is 1. The van der Waals surface area contributed by atoms with Crippen LogP contribution in [0.4, 0.5) is 0 Å². The maximum Gasteiger partial charge on any atom is 0.328 e. The highest BCUT2D eigenvalue weighted by Crippen LogP contribution is 2.27. The third kappa shape index (κ3) is 4.14. The second-order valence-electron chi connectivity index (χ2n) is 4.01. The molecule has 1 atom stereocenters. The summed E-state index contributed by atoms with van der Waals surface area (Å²) >= 11 is 0. The number of aliphatic carboxylic acids is 1. The zero-order valence-electron chi connectivity index (χ0n) is 8.90. The molecule has 1 amide bonds. The van der Waals surface area contributed by atoms with Crippen molar-refractivity contribution in [2.24, 2.45) is 5.92 Å². The number of carbonyl (C=O) groups excluding carboxylic acids is 1. The van der Waals surface area contributed by atoms with E-state index in [4.69, 9.17) is 5.11 Å². The molecule has 15 heavy (non-hydrogen) atoms. The minimum absolute atomic E-state index is 0.137. The molecule has 0 spiro atoms. The molecule has 2 N–H and O–H groups in total. The van der Waals surface area contributed by atoms with Crippen LogP contribution >= 0.6 is 0 Å². The van der Waals surface area contributed by atoms with E-state index >= 15 is 0 Å². The van der Waals surface area contributed by atoms with Crippen LogP contribution in [0.5, 0.6) is 0 Å². The Morgan fingerprint density at radius 3 is 2.47 bits per heavy atom. The smallest absolute Gasteiger partial charge is 0.328 e. The van der Waals surface area contributed by atoms with Crippen molar-refractivity contribution < 1.29 is 14.7 Å². The van der Waals surface area contributed by atoms with Gasteiger partial charge in [0.1, 0.15) is 0 Å². The minimum atomic E-state index is -1.10. The SMILES string of the molecule is C[C@H](NC(=O)/C=C/C(=O)O)C1CCCC1. The molecule has 0 aromatic rings. The van der Waals surface area contributed by atoms with Gasteiger partial charge >= 0.3 is 5.97 Å². The first-order chi connectivity index (χ1) is 7.09. The third-order valence-corrected chi connectivity index (χ3v) is 2.85. The van der Waals surface area contributed by atoms with Gasteiger partial charge < -0.3 is 10.4 Å². The first-order valence-corrected chi connectivity index (χ1v) is 5.31. The molecule has 1 fully saturated rings. The van der Waals surface area contributed by atoms with Crippen molar-refractivity contribution >= 4 is 11.9 Å². The molecule has 0 aromatic heterocycles. The van der Waals surface area contributed by atoms with Crippen molar-refractivity contribution in [3.05, 3.63) is 12.2 Å². The van der Waals surface area contributed by atoms with E-state index in [1.54, 1.807) is 0 Å². The molecule has 0 saturated heterocycles. The second kappa shape index (κ2) is 5.53. The Balaban J connectivity index is 2.33. The maximum atomic E-state index is 11.3. The molecule has 1 rings (SSSR count). The van der Waals surface area contributed by atoms with Crippen LogP contribution < -0.4 is 5.32 Å². The number of rotatable bonds is 4. The summed E-state index contributed by atoms with van der Waals surface area (Å²) in [6, 6.07) is 0.137. The molecule has 0 aliphatic heterocycles. The highest BCUT2D eigenvalue weighted by molar-refractivity contribution is 5.93. The fraction of sp³-hybridized carbons (Fsp3) is 0.636. The molecule has 0 radical (unpaired) electrons. The molecule has 4 heteroatoms. The Labute approximate surface area is 89.4 Å². The first-order valence-electron chi connectivity index (χ1n) is 5.31. The molecular weight excluding hydrogens is 194 g/mol. The molecule has 0 aromatic carbocycles. The van der Waals surface area contributed by atoms with Gasteiger partial charge in [0, 0.05) is 18.2 Å². The Morgan fingerprint density at radius 2 is 1.93 bits per heavy atom. The van der Waals surface area contributed by atoms with Gasteiger partial charge in [0.25, 0.3) is 0 Å². The fourth-order valence-corrected chi connectivity index (χ4v) is 1.99. The van der Waals surface area contributed by atoms with Crippen LogP contribution in [0.25, 0.3) is 0 Å². The molecular formula is C11H17NO3. The maximum absolute atomic E-state index is 11.3. The zero-order valence-corrected chi connectivity index (χ0v) is 8.90. The van der Waals surface area contributed by atoms with Crippen molar-refractivity contribution in [1.29, 1.82) is 0 Å². The Morgan fingerprint density at radius 1 is 1.33 bits per heavy atom. The van der Waals surface area contributed by atoms with Crippen LogP contribution in [0.3, 0.4) is 0 Å². The van der Waals surface area contributed by atoms with Crippen LogP contribution in [0.1, 0.15) is 32.6 Å². The average Bonchev–Trinajstić information content (AvgIpc) is 2.67. The molecule has 1 aliphatic carbocycles. The minimum Gasteiger partial charge on any atom is -0.478 e. The van der Waals surface area contributed by atoms with Crippen molar-refractivity contribution in [1.82, 2.24) is 5.32 Å². The monoisotopic (exact) mass is 211 g/mol. The predicted molar refractivity (Wildman–Crippen MR) is 56.3 cm³/mol. The van der Waals surface area contributed by atoms with Crippen molar-refractivity contribution in [2.75, 3.05) is 0 Å². The summed E-state index contributed by atoms with van der Waals surface area (Å²) in [5.41, 5.74) is 0. The van der Waals surface area contributed by atoms with E-state index in [-0.39, 0.29) is 11.9 Å². The van der Waals surface area contributed by atoms with Crippen molar-refractivity contribution in [3.8, 4) is 0 Å². The van der Waals surface area contributed by atoms with Crippen LogP contribution in [-0.2, 0) is 9.59 Å². The molecule has 0 bridgehead atoms. The molecule has 4 nitrogen and oxygen atoms in total. The van der Waals surface area contributed by atoms with E-state index < -0.39 is 5.97 Å².